The van der Waals surface area contributed by atoms with Gasteiger partial charge >= 0.3 is 6.09 Å². The molecule has 0 aliphatic carbocycles. The molecule has 0 saturated carbocycles. The number of nitrogens with zero attached hydrogens (tertiary/aromatic N) is 1. The lowest BCUT2D eigenvalue weighted by Crippen LogP contribution is -2.38. The van der Waals surface area contributed by atoms with Crippen molar-refractivity contribution in [2.24, 2.45) is 0 Å². The molecule has 92 valence electrons. The van der Waals surface area contributed by atoms with E-state index in [1.54, 1.807) is 0 Å². The molecular formula is C12H16N2O3. The van der Waals surface area contributed by atoms with Gasteiger partial charge in [-0.05, 0) is 32.9 Å². The highest BCUT2D eigenvalue weighted by Gasteiger charge is 2.42. The summed E-state index contributed by atoms with van der Waals surface area (Å²) in [5, 5.41) is 11.1. The Morgan fingerprint density at radius 1 is 1.59 bits per heavy atom. The van der Waals surface area contributed by atoms with Gasteiger partial charge in [0.15, 0.2) is 0 Å². The number of nitrogens with one attached hydrogen (secondary N) is 1. The van der Waals surface area contributed by atoms with Crippen molar-refractivity contribution >= 4 is 6.09 Å². The zero-order valence-electron chi connectivity index (χ0n) is 10.2. The van der Waals surface area contributed by atoms with Crippen LogP contribution in [-0.2, 0) is 0 Å². The number of carboxylic acid groups (broad SMARTS) is 1. The monoisotopic (exact) mass is 236 g/mol. The molecule has 0 fully saturated rings. The third-order valence-electron chi connectivity index (χ3n) is 3.02. The first-order chi connectivity index (χ1) is 7.90. The largest absolute Gasteiger partial charge is 0.485 e. The van der Waals surface area contributed by atoms with Crippen LogP contribution in [0.25, 0.3) is 0 Å². The van der Waals surface area contributed by atoms with E-state index in [0.717, 1.165) is 17.1 Å². The van der Waals surface area contributed by atoms with Gasteiger partial charge in [-0.2, -0.15) is 0 Å². The number of ether oxygens (including phenoxy) is 1. The molecule has 1 aliphatic rings. The Labute approximate surface area is 99.8 Å². The van der Waals surface area contributed by atoms with Crippen LogP contribution in [-0.4, -0.2) is 28.3 Å². The summed E-state index contributed by atoms with van der Waals surface area (Å²) in [5.74, 6) is 0.686. The third kappa shape index (κ3) is 2.18. The quantitative estimate of drug-likeness (QED) is 0.822. The standard InChI is InChI=1S/C12H16N2O3/c1-7-4-5-9-10(14-7)8(6-13-11(15)16)12(2,3)17-9/h4-5,8,13H,6H2,1-3H3,(H,15,16). The number of amides is 1. The van der Waals surface area contributed by atoms with E-state index in [2.05, 4.69) is 10.3 Å². The average Bonchev–Trinajstić information content (AvgIpc) is 2.45. The van der Waals surface area contributed by atoms with Gasteiger partial charge in [0.1, 0.15) is 11.4 Å². The number of carbonyl (C=O) groups is 1. The summed E-state index contributed by atoms with van der Waals surface area (Å²) in [6.07, 6.45) is -1.03. The van der Waals surface area contributed by atoms with Crippen molar-refractivity contribution in [1.82, 2.24) is 10.3 Å². The number of hydrogen-bond acceptors (Lipinski definition) is 3. The molecule has 0 radical (unpaired) electrons. The van der Waals surface area contributed by atoms with Crippen molar-refractivity contribution < 1.29 is 14.6 Å². The minimum absolute atomic E-state index is 0.0616. The summed E-state index contributed by atoms with van der Waals surface area (Å²) >= 11 is 0. The van der Waals surface area contributed by atoms with E-state index in [9.17, 15) is 4.79 Å². The summed E-state index contributed by atoms with van der Waals surface area (Å²) in [6, 6.07) is 3.78. The fraction of sp³-hybridized carbons (Fsp3) is 0.500. The highest BCUT2D eigenvalue weighted by molar-refractivity contribution is 5.64. The summed E-state index contributed by atoms with van der Waals surface area (Å²) in [5.41, 5.74) is 1.31. The van der Waals surface area contributed by atoms with Gasteiger partial charge in [-0.25, -0.2) is 4.79 Å². The molecule has 17 heavy (non-hydrogen) atoms. The van der Waals surface area contributed by atoms with Gasteiger partial charge < -0.3 is 15.2 Å². The fourth-order valence-electron chi connectivity index (χ4n) is 2.12. The third-order valence-corrected chi connectivity index (χ3v) is 3.02. The van der Waals surface area contributed by atoms with E-state index in [4.69, 9.17) is 9.84 Å². The van der Waals surface area contributed by atoms with E-state index in [0.29, 0.717) is 6.54 Å². The molecule has 0 bridgehead atoms. The Bertz CT molecular complexity index is 457. The van der Waals surface area contributed by atoms with Crippen LogP contribution < -0.4 is 10.1 Å². The molecule has 2 rings (SSSR count). The Kier molecular flexibility index (Phi) is 2.69. The maximum absolute atomic E-state index is 10.6. The Balaban J connectivity index is 2.30. The lowest BCUT2D eigenvalue weighted by atomic mass is 9.90. The molecule has 5 nitrogen and oxygen atoms in total. The summed E-state index contributed by atoms with van der Waals surface area (Å²) < 4.78 is 5.80. The van der Waals surface area contributed by atoms with Crippen LogP contribution in [0.5, 0.6) is 5.75 Å². The maximum Gasteiger partial charge on any atom is 0.404 e. The number of aryl methyl sites for hydroxylation is 1. The normalized spacial score (nSPS) is 20.5. The molecule has 2 N–H and O–H groups in total. The van der Waals surface area contributed by atoms with Crippen molar-refractivity contribution in [1.29, 1.82) is 0 Å². The highest BCUT2D eigenvalue weighted by atomic mass is 16.5. The Morgan fingerprint density at radius 3 is 2.94 bits per heavy atom. The first-order valence-corrected chi connectivity index (χ1v) is 5.53. The van der Waals surface area contributed by atoms with Crippen molar-refractivity contribution in [3.05, 3.63) is 23.5 Å². The average molecular weight is 236 g/mol. The van der Waals surface area contributed by atoms with Crippen LogP contribution in [0, 0.1) is 6.92 Å². The molecule has 2 heterocycles. The number of rotatable bonds is 2. The van der Waals surface area contributed by atoms with Crippen LogP contribution in [0.3, 0.4) is 0 Å². The van der Waals surface area contributed by atoms with E-state index >= 15 is 0 Å². The second-order valence-corrected chi connectivity index (χ2v) is 4.78. The van der Waals surface area contributed by atoms with E-state index < -0.39 is 11.7 Å². The molecule has 1 aromatic rings. The van der Waals surface area contributed by atoms with Gasteiger partial charge in [-0.15, -0.1) is 0 Å². The van der Waals surface area contributed by atoms with E-state index in [1.165, 1.54) is 0 Å². The predicted octanol–water partition coefficient (Wildman–Crippen LogP) is 1.91. The van der Waals surface area contributed by atoms with Crippen LogP contribution >= 0.6 is 0 Å². The maximum atomic E-state index is 10.6. The number of hydrogen-bond donors (Lipinski definition) is 2. The summed E-state index contributed by atoms with van der Waals surface area (Å²) in [6.45, 7) is 6.11. The zero-order valence-corrected chi connectivity index (χ0v) is 10.2. The molecule has 0 saturated heterocycles. The Hall–Kier alpha value is -1.78. The number of pyridine rings is 1. The zero-order chi connectivity index (χ0) is 12.6. The van der Waals surface area contributed by atoms with Gasteiger partial charge in [0.2, 0.25) is 0 Å². The van der Waals surface area contributed by atoms with Gasteiger partial charge in [0, 0.05) is 12.2 Å². The van der Waals surface area contributed by atoms with Gasteiger partial charge in [0.05, 0.1) is 11.6 Å². The molecule has 0 aromatic carbocycles. The lowest BCUT2D eigenvalue weighted by molar-refractivity contribution is 0.108. The Morgan fingerprint density at radius 2 is 2.29 bits per heavy atom. The van der Waals surface area contributed by atoms with Crippen LogP contribution in [0.1, 0.15) is 31.2 Å². The van der Waals surface area contributed by atoms with E-state index in [1.807, 2.05) is 32.9 Å². The van der Waals surface area contributed by atoms with Crippen molar-refractivity contribution in [2.75, 3.05) is 6.54 Å². The van der Waals surface area contributed by atoms with Crippen molar-refractivity contribution in [3.8, 4) is 5.75 Å². The summed E-state index contributed by atoms with van der Waals surface area (Å²) in [4.78, 5) is 15.0. The van der Waals surface area contributed by atoms with Crippen LogP contribution in [0.4, 0.5) is 4.79 Å². The predicted molar refractivity (Wildman–Crippen MR) is 62.4 cm³/mol. The van der Waals surface area contributed by atoms with Crippen molar-refractivity contribution in [2.45, 2.75) is 32.3 Å². The second-order valence-electron chi connectivity index (χ2n) is 4.78. The lowest BCUT2D eigenvalue weighted by Gasteiger charge is -2.25. The smallest absolute Gasteiger partial charge is 0.404 e. The first kappa shape index (κ1) is 11.7. The first-order valence-electron chi connectivity index (χ1n) is 5.53. The fourth-order valence-corrected chi connectivity index (χ4v) is 2.12. The minimum atomic E-state index is -1.03. The van der Waals surface area contributed by atoms with E-state index in [-0.39, 0.29) is 5.92 Å². The van der Waals surface area contributed by atoms with Crippen LogP contribution in [0.2, 0.25) is 0 Å². The van der Waals surface area contributed by atoms with Gasteiger partial charge in [-0.1, -0.05) is 0 Å². The highest BCUT2D eigenvalue weighted by Crippen LogP contribution is 2.42. The van der Waals surface area contributed by atoms with Gasteiger partial charge in [0.25, 0.3) is 0 Å². The topological polar surface area (TPSA) is 71.5 Å². The molecule has 5 heteroatoms. The number of aromatic nitrogens is 1. The molecular weight excluding hydrogens is 220 g/mol. The second kappa shape index (κ2) is 3.91. The molecule has 1 aromatic heterocycles. The molecule has 1 aliphatic heterocycles. The molecule has 1 atom stereocenters. The van der Waals surface area contributed by atoms with Crippen LogP contribution in [0.15, 0.2) is 12.1 Å². The minimum Gasteiger partial charge on any atom is -0.485 e. The summed E-state index contributed by atoms with van der Waals surface area (Å²) in [7, 11) is 0. The molecule has 1 unspecified atom stereocenters. The SMILES string of the molecule is Cc1ccc2c(n1)C(CNC(=O)O)C(C)(C)O2. The van der Waals surface area contributed by atoms with Crippen molar-refractivity contribution in [3.63, 3.8) is 0 Å². The molecule has 0 spiro atoms. The molecule has 1 amide bonds. The van der Waals surface area contributed by atoms with Gasteiger partial charge in [-0.3, -0.25) is 4.98 Å². The number of fused-ring (bicyclic) bond motifs is 1.